The Morgan fingerprint density at radius 1 is 1.24 bits per heavy atom. The van der Waals surface area contributed by atoms with Gasteiger partial charge in [0.1, 0.15) is 0 Å². The molecule has 0 fully saturated rings. The predicted octanol–water partition coefficient (Wildman–Crippen LogP) is 3.36. The van der Waals surface area contributed by atoms with Crippen LogP contribution in [0, 0.1) is 5.92 Å². The number of benzene rings is 2. The maximum absolute atomic E-state index is 12.2. The largest absolute Gasteiger partial charge is 0.380 e. The van der Waals surface area contributed by atoms with Crippen molar-refractivity contribution in [3.8, 4) is 0 Å². The predicted molar refractivity (Wildman–Crippen MR) is 97.3 cm³/mol. The quantitative estimate of drug-likeness (QED) is 0.849. The van der Waals surface area contributed by atoms with Gasteiger partial charge in [-0.1, -0.05) is 30.3 Å². The van der Waals surface area contributed by atoms with Crippen LogP contribution in [-0.2, 0) is 27.4 Å². The SMILES string of the molecule is COCc1cccc(NC(=O)CCC2Cc3ccccc3NC2=O)c1. The summed E-state index contributed by atoms with van der Waals surface area (Å²) < 4.78 is 5.10. The molecule has 0 aromatic heterocycles. The Bertz CT molecular complexity index is 773. The molecule has 0 radical (unpaired) electrons. The van der Waals surface area contributed by atoms with Gasteiger partial charge >= 0.3 is 0 Å². The van der Waals surface area contributed by atoms with Gasteiger partial charge in [-0.25, -0.2) is 0 Å². The van der Waals surface area contributed by atoms with E-state index >= 15 is 0 Å². The van der Waals surface area contributed by atoms with Crippen LogP contribution in [0.1, 0.15) is 24.0 Å². The summed E-state index contributed by atoms with van der Waals surface area (Å²) in [5.41, 5.74) is 3.75. The fourth-order valence-corrected chi connectivity index (χ4v) is 3.08. The van der Waals surface area contributed by atoms with Crippen LogP contribution in [0.25, 0.3) is 0 Å². The molecule has 5 nitrogen and oxygen atoms in total. The normalized spacial score (nSPS) is 16.0. The van der Waals surface area contributed by atoms with E-state index in [1.807, 2.05) is 48.5 Å². The van der Waals surface area contributed by atoms with Crippen molar-refractivity contribution in [2.75, 3.05) is 17.7 Å². The Morgan fingerprint density at radius 3 is 2.92 bits per heavy atom. The van der Waals surface area contributed by atoms with Crippen LogP contribution in [0.15, 0.2) is 48.5 Å². The molecule has 2 N–H and O–H groups in total. The molecular formula is C20H22N2O3. The van der Waals surface area contributed by atoms with Gasteiger partial charge in [0.05, 0.1) is 6.61 Å². The summed E-state index contributed by atoms with van der Waals surface area (Å²) in [4.78, 5) is 24.4. The topological polar surface area (TPSA) is 67.4 Å². The zero-order valence-electron chi connectivity index (χ0n) is 14.2. The van der Waals surface area contributed by atoms with Crippen molar-refractivity contribution in [2.24, 2.45) is 5.92 Å². The molecule has 2 aromatic carbocycles. The number of amides is 2. The lowest BCUT2D eigenvalue weighted by molar-refractivity contribution is -0.121. The van der Waals surface area contributed by atoms with E-state index in [-0.39, 0.29) is 17.7 Å². The van der Waals surface area contributed by atoms with Gasteiger partial charge in [0.2, 0.25) is 11.8 Å². The van der Waals surface area contributed by atoms with Gasteiger partial charge in [0, 0.05) is 30.8 Å². The van der Waals surface area contributed by atoms with Crippen molar-refractivity contribution in [3.05, 3.63) is 59.7 Å². The van der Waals surface area contributed by atoms with Crippen molar-refractivity contribution in [1.29, 1.82) is 0 Å². The van der Waals surface area contributed by atoms with E-state index in [1.54, 1.807) is 7.11 Å². The molecule has 1 aliphatic heterocycles. The molecule has 1 unspecified atom stereocenters. The minimum atomic E-state index is -0.166. The van der Waals surface area contributed by atoms with Crippen molar-refractivity contribution >= 4 is 23.2 Å². The molecule has 1 aliphatic rings. The first-order valence-electron chi connectivity index (χ1n) is 8.42. The van der Waals surface area contributed by atoms with Crippen molar-refractivity contribution in [1.82, 2.24) is 0 Å². The zero-order chi connectivity index (χ0) is 17.6. The molecule has 0 spiro atoms. The van der Waals surface area contributed by atoms with E-state index < -0.39 is 0 Å². The Morgan fingerprint density at radius 2 is 2.08 bits per heavy atom. The third kappa shape index (κ3) is 4.45. The van der Waals surface area contributed by atoms with Gasteiger partial charge in [-0.05, 0) is 42.2 Å². The lowest BCUT2D eigenvalue weighted by Gasteiger charge is -2.24. The number of ether oxygens (including phenoxy) is 1. The highest BCUT2D eigenvalue weighted by atomic mass is 16.5. The summed E-state index contributed by atoms with van der Waals surface area (Å²) >= 11 is 0. The number of para-hydroxylation sites is 1. The van der Waals surface area contributed by atoms with Crippen LogP contribution in [0.3, 0.4) is 0 Å². The average molecular weight is 338 g/mol. The van der Waals surface area contributed by atoms with Gasteiger partial charge in [0.25, 0.3) is 0 Å². The molecule has 1 heterocycles. The molecular weight excluding hydrogens is 316 g/mol. The second-order valence-electron chi connectivity index (χ2n) is 6.27. The minimum Gasteiger partial charge on any atom is -0.380 e. The summed E-state index contributed by atoms with van der Waals surface area (Å²) in [6, 6.07) is 15.4. The number of carbonyl (C=O) groups is 2. The fraction of sp³-hybridized carbons (Fsp3) is 0.300. The zero-order valence-corrected chi connectivity index (χ0v) is 14.2. The Labute approximate surface area is 147 Å². The smallest absolute Gasteiger partial charge is 0.227 e. The Hall–Kier alpha value is -2.66. The van der Waals surface area contributed by atoms with Crippen molar-refractivity contribution < 1.29 is 14.3 Å². The van der Waals surface area contributed by atoms with E-state index in [9.17, 15) is 9.59 Å². The van der Waals surface area contributed by atoms with Crippen LogP contribution in [0.2, 0.25) is 0 Å². The standard InChI is InChI=1S/C20H22N2O3/c1-25-13-14-5-4-7-17(11-14)21-19(23)10-9-16-12-15-6-2-3-8-18(15)22-20(16)24/h2-8,11,16H,9-10,12-13H2,1H3,(H,21,23)(H,22,24). The van der Waals surface area contributed by atoms with Crippen LogP contribution in [0.5, 0.6) is 0 Å². The van der Waals surface area contributed by atoms with E-state index in [0.717, 1.165) is 22.5 Å². The summed E-state index contributed by atoms with van der Waals surface area (Å²) in [6.07, 6.45) is 1.52. The molecule has 2 aromatic rings. The third-order valence-corrected chi connectivity index (χ3v) is 4.35. The maximum atomic E-state index is 12.2. The number of methoxy groups -OCH3 is 1. The molecule has 130 valence electrons. The first-order valence-corrected chi connectivity index (χ1v) is 8.42. The Kier molecular flexibility index (Phi) is 5.46. The maximum Gasteiger partial charge on any atom is 0.227 e. The highest BCUT2D eigenvalue weighted by molar-refractivity contribution is 5.96. The monoisotopic (exact) mass is 338 g/mol. The van der Waals surface area contributed by atoms with Crippen molar-refractivity contribution in [2.45, 2.75) is 25.9 Å². The van der Waals surface area contributed by atoms with E-state index in [4.69, 9.17) is 4.74 Å². The summed E-state index contributed by atoms with van der Waals surface area (Å²) in [6.45, 7) is 0.505. The van der Waals surface area contributed by atoms with Crippen LogP contribution >= 0.6 is 0 Å². The van der Waals surface area contributed by atoms with Crippen LogP contribution in [-0.4, -0.2) is 18.9 Å². The molecule has 5 heteroatoms. The van der Waals surface area contributed by atoms with Crippen molar-refractivity contribution in [3.63, 3.8) is 0 Å². The van der Waals surface area contributed by atoms with E-state index in [2.05, 4.69) is 10.6 Å². The summed E-state index contributed by atoms with van der Waals surface area (Å²) in [5.74, 6) is -0.254. The van der Waals surface area contributed by atoms with E-state index in [0.29, 0.717) is 25.9 Å². The van der Waals surface area contributed by atoms with Gasteiger partial charge < -0.3 is 15.4 Å². The lowest BCUT2D eigenvalue weighted by atomic mass is 9.89. The summed E-state index contributed by atoms with van der Waals surface area (Å²) in [7, 11) is 1.64. The fourth-order valence-electron chi connectivity index (χ4n) is 3.08. The van der Waals surface area contributed by atoms with Crippen LogP contribution in [0.4, 0.5) is 11.4 Å². The molecule has 0 saturated carbocycles. The molecule has 2 amide bonds. The third-order valence-electron chi connectivity index (χ3n) is 4.35. The molecule has 0 bridgehead atoms. The van der Waals surface area contributed by atoms with Gasteiger partial charge in [0.15, 0.2) is 0 Å². The number of fused-ring (bicyclic) bond motifs is 1. The highest BCUT2D eigenvalue weighted by Crippen LogP contribution is 2.27. The number of nitrogens with one attached hydrogen (secondary N) is 2. The Balaban J connectivity index is 1.54. The minimum absolute atomic E-state index is 0.00593. The summed E-state index contributed by atoms with van der Waals surface area (Å²) in [5, 5.41) is 5.81. The molecule has 0 saturated heterocycles. The first kappa shape index (κ1) is 17.2. The van der Waals surface area contributed by atoms with E-state index in [1.165, 1.54) is 0 Å². The second kappa shape index (κ2) is 7.94. The number of hydrogen-bond acceptors (Lipinski definition) is 3. The average Bonchev–Trinajstić information content (AvgIpc) is 2.60. The second-order valence-corrected chi connectivity index (χ2v) is 6.27. The highest BCUT2D eigenvalue weighted by Gasteiger charge is 2.26. The van der Waals surface area contributed by atoms with Gasteiger partial charge in [-0.2, -0.15) is 0 Å². The number of hydrogen-bond donors (Lipinski definition) is 2. The van der Waals surface area contributed by atoms with Gasteiger partial charge in [-0.15, -0.1) is 0 Å². The molecule has 3 rings (SSSR count). The molecule has 1 atom stereocenters. The van der Waals surface area contributed by atoms with Crippen LogP contribution < -0.4 is 10.6 Å². The number of rotatable bonds is 6. The first-order chi connectivity index (χ1) is 12.2. The molecule has 0 aliphatic carbocycles. The number of carbonyl (C=O) groups excluding carboxylic acids is 2. The lowest BCUT2D eigenvalue weighted by Crippen LogP contribution is -2.30. The number of anilines is 2. The molecule has 25 heavy (non-hydrogen) atoms. The van der Waals surface area contributed by atoms with Gasteiger partial charge in [-0.3, -0.25) is 9.59 Å².